The molecule has 1 atom stereocenters. The van der Waals surface area contributed by atoms with E-state index in [9.17, 15) is 18.0 Å². The molecule has 1 amide bonds. The Balaban J connectivity index is 2.28. The lowest BCUT2D eigenvalue weighted by Gasteiger charge is -2.27. The normalized spacial score (nSPS) is 18.8. The zero-order valence-corrected chi connectivity index (χ0v) is 10.5. The number of fused-ring (bicyclic) bond motifs is 1. The Kier molecular flexibility index (Phi) is 3.43. The van der Waals surface area contributed by atoms with E-state index in [4.69, 9.17) is 4.74 Å². The number of hydrogen-bond acceptors (Lipinski definition) is 2. The van der Waals surface area contributed by atoms with Gasteiger partial charge in [0.25, 0.3) is 5.91 Å². The highest BCUT2D eigenvalue weighted by molar-refractivity contribution is 5.97. The van der Waals surface area contributed by atoms with Crippen LogP contribution in [0.5, 0.6) is 5.75 Å². The maximum Gasteiger partial charge on any atom is 0.416 e. The summed E-state index contributed by atoms with van der Waals surface area (Å²) < 4.78 is 43.2. The van der Waals surface area contributed by atoms with Crippen molar-refractivity contribution in [2.75, 3.05) is 5.32 Å². The Bertz CT molecular complexity index is 497. The second-order valence-corrected chi connectivity index (χ2v) is 4.93. The van der Waals surface area contributed by atoms with E-state index in [0.29, 0.717) is 6.42 Å². The minimum atomic E-state index is -4.42. The van der Waals surface area contributed by atoms with Gasteiger partial charge in [0.15, 0.2) is 6.10 Å². The smallest absolute Gasteiger partial charge is 0.416 e. The Morgan fingerprint density at radius 2 is 2.05 bits per heavy atom. The van der Waals surface area contributed by atoms with Gasteiger partial charge in [0.2, 0.25) is 0 Å². The first kappa shape index (κ1) is 13.7. The van der Waals surface area contributed by atoms with Gasteiger partial charge in [-0.1, -0.05) is 13.8 Å². The molecule has 1 unspecified atom stereocenters. The number of amides is 1. The van der Waals surface area contributed by atoms with Crippen LogP contribution in [0, 0.1) is 5.92 Å². The van der Waals surface area contributed by atoms with E-state index < -0.39 is 17.8 Å². The molecule has 0 aliphatic carbocycles. The molecule has 2 rings (SSSR count). The summed E-state index contributed by atoms with van der Waals surface area (Å²) in [7, 11) is 0. The molecule has 6 heteroatoms. The number of nitrogens with one attached hydrogen (secondary N) is 1. The van der Waals surface area contributed by atoms with Crippen molar-refractivity contribution in [3.05, 3.63) is 23.8 Å². The molecule has 0 bridgehead atoms. The van der Waals surface area contributed by atoms with Crippen LogP contribution in [0.15, 0.2) is 18.2 Å². The predicted octanol–water partition coefficient (Wildman–Crippen LogP) is 3.45. The molecule has 0 spiro atoms. The zero-order valence-electron chi connectivity index (χ0n) is 10.5. The van der Waals surface area contributed by atoms with Crippen molar-refractivity contribution < 1.29 is 22.7 Å². The van der Waals surface area contributed by atoms with E-state index in [1.807, 2.05) is 13.8 Å². The average molecular weight is 273 g/mol. The maximum atomic E-state index is 12.6. The Labute approximate surface area is 108 Å². The van der Waals surface area contributed by atoms with Crippen molar-refractivity contribution in [3.8, 4) is 5.75 Å². The largest absolute Gasteiger partial charge is 0.478 e. The van der Waals surface area contributed by atoms with Gasteiger partial charge < -0.3 is 10.1 Å². The molecule has 0 saturated heterocycles. The van der Waals surface area contributed by atoms with Crippen LogP contribution in [0.25, 0.3) is 0 Å². The van der Waals surface area contributed by atoms with Crippen molar-refractivity contribution >= 4 is 11.6 Å². The van der Waals surface area contributed by atoms with Crippen LogP contribution in [0.3, 0.4) is 0 Å². The lowest BCUT2D eigenvalue weighted by atomic mass is 10.0. The van der Waals surface area contributed by atoms with Gasteiger partial charge in [0.1, 0.15) is 5.75 Å². The second kappa shape index (κ2) is 4.75. The highest BCUT2D eigenvalue weighted by Crippen LogP contribution is 2.37. The molecule has 1 heterocycles. The Morgan fingerprint density at radius 1 is 1.37 bits per heavy atom. The Hall–Kier alpha value is -1.72. The zero-order chi connectivity index (χ0) is 14.2. The number of hydrogen-bond donors (Lipinski definition) is 1. The predicted molar refractivity (Wildman–Crippen MR) is 63.9 cm³/mol. The summed E-state index contributed by atoms with van der Waals surface area (Å²) in [5, 5.41) is 2.56. The monoisotopic (exact) mass is 273 g/mol. The van der Waals surface area contributed by atoms with Crippen LogP contribution in [0.1, 0.15) is 25.8 Å². The van der Waals surface area contributed by atoms with Gasteiger partial charge in [0, 0.05) is 0 Å². The molecule has 1 aromatic rings. The molecular formula is C13H14F3NO2. The van der Waals surface area contributed by atoms with Crippen LogP contribution in [0.4, 0.5) is 18.9 Å². The molecule has 0 aromatic heterocycles. The molecule has 0 radical (unpaired) electrons. The van der Waals surface area contributed by atoms with Crippen molar-refractivity contribution in [2.24, 2.45) is 5.92 Å². The molecular weight excluding hydrogens is 259 g/mol. The molecule has 19 heavy (non-hydrogen) atoms. The molecule has 0 fully saturated rings. The van der Waals surface area contributed by atoms with Crippen molar-refractivity contribution in [1.29, 1.82) is 0 Å². The first-order chi connectivity index (χ1) is 8.77. The maximum absolute atomic E-state index is 12.6. The third-order valence-corrected chi connectivity index (χ3v) is 2.81. The van der Waals surface area contributed by atoms with Gasteiger partial charge in [-0.15, -0.1) is 0 Å². The Morgan fingerprint density at radius 3 is 2.63 bits per heavy atom. The molecule has 1 N–H and O–H groups in total. The standard InChI is InChI=1S/C13H14F3NO2/c1-7(2)5-11-12(18)17-9-4-3-8(13(14,15)16)6-10(9)19-11/h3-4,6-7,11H,5H2,1-2H3,(H,17,18). The summed E-state index contributed by atoms with van der Waals surface area (Å²) >= 11 is 0. The third-order valence-electron chi connectivity index (χ3n) is 2.81. The lowest BCUT2D eigenvalue weighted by Crippen LogP contribution is -2.38. The first-order valence-corrected chi connectivity index (χ1v) is 5.96. The fourth-order valence-electron chi connectivity index (χ4n) is 1.90. The summed E-state index contributed by atoms with van der Waals surface area (Å²) in [6.45, 7) is 3.83. The van der Waals surface area contributed by atoms with Crippen LogP contribution >= 0.6 is 0 Å². The van der Waals surface area contributed by atoms with Crippen LogP contribution in [-0.2, 0) is 11.0 Å². The van der Waals surface area contributed by atoms with E-state index in [-0.39, 0.29) is 23.3 Å². The summed E-state index contributed by atoms with van der Waals surface area (Å²) in [4.78, 5) is 11.7. The molecule has 1 aliphatic rings. The van der Waals surface area contributed by atoms with Crippen LogP contribution in [-0.4, -0.2) is 12.0 Å². The third kappa shape index (κ3) is 3.00. The van der Waals surface area contributed by atoms with Gasteiger partial charge in [-0.3, -0.25) is 4.79 Å². The van der Waals surface area contributed by atoms with Crippen molar-refractivity contribution in [3.63, 3.8) is 0 Å². The number of ether oxygens (including phenoxy) is 1. The molecule has 1 aromatic carbocycles. The lowest BCUT2D eigenvalue weighted by molar-refractivity contribution is -0.137. The van der Waals surface area contributed by atoms with Gasteiger partial charge in [0.05, 0.1) is 11.3 Å². The second-order valence-electron chi connectivity index (χ2n) is 4.93. The van der Waals surface area contributed by atoms with Gasteiger partial charge in [-0.2, -0.15) is 13.2 Å². The van der Waals surface area contributed by atoms with E-state index in [1.54, 1.807) is 0 Å². The van der Waals surface area contributed by atoms with E-state index >= 15 is 0 Å². The summed E-state index contributed by atoms with van der Waals surface area (Å²) in [6.07, 6.45) is -4.70. The number of rotatable bonds is 2. The van der Waals surface area contributed by atoms with Crippen LogP contribution < -0.4 is 10.1 Å². The topological polar surface area (TPSA) is 38.3 Å². The highest BCUT2D eigenvalue weighted by atomic mass is 19.4. The molecule has 3 nitrogen and oxygen atoms in total. The number of benzene rings is 1. The fraction of sp³-hybridized carbons (Fsp3) is 0.462. The van der Waals surface area contributed by atoms with E-state index in [0.717, 1.165) is 12.1 Å². The number of carbonyl (C=O) groups excluding carboxylic acids is 1. The van der Waals surface area contributed by atoms with Crippen molar-refractivity contribution in [1.82, 2.24) is 0 Å². The number of anilines is 1. The number of halogens is 3. The quantitative estimate of drug-likeness (QED) is 0.896. The average Bonchev–Trinajstić information content (AvgIpc) is 2.27. The van der Waals surface area contributed by atoms with E-state index in [2.05, 4.69) is 5.32 Å². The van der Waals surface area contributed by atoms with Gasteiger partial charge >= 0.3 is 6.18 Å². The van der Waals surface area contributed by atoms with Gasteiger partial charge in [-0.05, 0) is 30.5 Å². The summed E-state index contributed by atoms with van der Waals surface area (Å²) in [6, 6.07) is 3.05. The SMILES string of the molecule is CC(C)CC1Oc2cc(C(F)(F)F)ccc2NC1=O. The highest BCUT2D eigenvalue weighted by Gasteiger charge is 2.34. The minimum Gasteiger partial charge on any atom is -0.478 e. The van der Waals surface area contributed by atoms with Crippen LogP contribution in [0.2, 0.25) is 0 Å². The minimum absolute atomic E-state index is 0.0695. The van der Waals surface area contributed by atoms with Gasteiger partial charge in [-0.25, -0.2) is 0 Å². The summed E-state index contributed by atoms with van der Waals surface area (Å²) in [5.74, 6) is -0.0378. The number of carbonyl (C=O) groups is 1. The number of alkyl halides is 3. The van der Waals surface area contributed by atoms with E-state index in [1.165, 1.54) is 6.07 Å². The first-order valence-electron chi connectivity index (χ1n) is 5.96. The van der Waals surface area contributed by atoms with Crippen molar-refractivity contribution in [2.45, 2.75) is 32.5 Å². The molecule has 1 aliphatic heterocycles. The fourth-order valence-corrected chi connectivity index (χ4v) is 1.90. The molecule has 0 saturated carbocycles. The summed E-state index contributed by atoms with van der Waals surface area (Å²) in [5.41, 5.74) is -0.510. The molecule has 104 valence electrons.